The molecule has 0 aliphatic rings. The Morgan fingerprint density at radius 1 is 1.18 bits per heavy atom. The molecule has 1 aromatic heterocycles. The molecule has 1 aromatic carbocycles. The summed E-state index contributed by atoms with van der Waals surface area (Å²) in [5, 5.41) is 0. The van der Waals surface area contributed by atoms with Crippen LogP contribution in [-0.4, -0.2) is 10.5 Å². The summed E-state index contributed by atoms with van der Waals surface area (Å²) in [5.41, 5.74) is -2.83. The van der Waals surface area contributed by atoms with Crippen molar-refractivity contribution in [3.63, 3.8) is 0 Å². The topological polar surface area (TPSA) is 12.9 Å². The van der Waals surface area contributed by atoms with Crippen molar-refractivity contribution >= 4 is 11.8 Å². The van der Waals surface area contributed by atoms with Crippen LogP contribution in [0.15, 0.2) is 47.6 Å². The zero-order chi connectivity index (χ0) is 12.3. The summed E-state index contributed by atoms with van der Waals surface area (Å²) in [6.45, 7) is 0. The molecule has 87 valence electrons. The Morgan fingerprint density at radius 3 is 2.65 bits per heavy atom. The lowest BCUT2D eigenvalue weighted by atomic mass is 10.1. The van der Waals surface area contributed by atoms with Crippen LogP contribution in [0.4, 0.5) is 13.2 Å². The van der Waals surface area contributed by atoms with E-state index < -0.39 is 5.51 Å². The van der Waals surface area contributed by atoms with Gasteiger partial charge in [0.15, 0.2) is 0 Å². The molecule has 1 nitrogen and oxygen atoms in total. The number of rotatable bonds is 2. The van der Waals surface area contributed by atoms with Gasteiger partial charge in [0.2, 0.25) is 0 Å². The van der Waals surface area contributed by atoms with Crippen molar-refractivity contribution in [1.82, 2.24) is 4.98 Å². The second-order valence-corrected chi connectivity index (χ2v) is 4.39. The van der Waals surface area contributed by atoms with E-state index in [9.17, 15) is 13.2 Å². The number of aromatic nitrogens is 1. The summed E-state index contributed by atoms with van der Waals surface area (Å²) >= 11 is -0.142. The SMILES string of the molecule is FC(F)(F)Sc1c[c]cc(-c2cccnc2)c1. The van der Waals surface area contributed by atoms with Gasteiger partial charge in [0.1, 0.15) is 0 Å². The van der Waals surface area contributed by atoms with E-state index in [1.165, 1.54) is 12.1 Å². The van der Waals surface area contributed by atoms with E-state index >= 15 is 0 Å². The molecule has 5 heteroatoms. The fraction of sp³-hybridized carbons (Fsp3) is 0.0833. The predicted octanol–water partition coefficient (Wildman–Crippen LogP) is 4.16. The van der Waals surface area contributed by atoms with E-state index in [2.05, 4.69) is 11.1 Å². The fourth-order valence-corrected chi connectivity index (χ4v) is 1.92. The van der Waals surface area contributed by atoms with E-state index in [1.54, 1.807) is 30.6 Å². The van der Waals surface area contributed by atoms with Crippen molar-refractivity contribution in [2.75, 3.05) is 0 Å². The number of thioether (sulfide) groups is 1. The van der Waals surface area contributed by atoms with Crippen LogP contribution >= 0.6 is 11.8 Å². The summed E-state index contributed by atoms with van der Waals surface area (Å²) in [6.07, 6.45) is 3.22. The third kappa shape index (κ3) is 3.49. The summed E-state index contributed by atoms with van der Waals surface area (Å²) in [4.78, 5) is 4.05. The van der Waals surface area contributed by atoms with Gasteiger partial charge in [-0.3, -0.25) is 4.98 Å². The first-order valence-electron chi connectivity index (χ1n) is 4.72. The van der Waals surface area contributed by atoms with Crippen LogP contribution in [0.5, 0.6) is 0 Å². The quantitative estimate of drug-likeness (QED) is 0.746. The van der Waals surface area contributed by atoms with Gasteiger partial charge in [-0.25, -0.2) is 0 Å². The van der Waals surface area contributed by atoms with Crippen molar-refractivity contribution in [1.29, 1.82) is 0 Å². The van der Waals surface area contributed by atoms with Crippen LogP contribution < -0.4 is 0 Å². The molecule has 0 spiro atoms. The maximum absolute atomic E-state index is 12.2. The lowest BCUT2D eigenvalue weighted by molar-refractivity contribution is -0.0328. The first kappa shape index (κ1) is 12.0. The number of benzene rings is 1. The van der Waals surface area contributed by atoms with E-state index in [4.69, 9.17) is 0 Å². The normalized spacial score (nSPS) is 11.5. The molecular formula is C12H7F3NS. The fourth-order valence-electron chi connectivity index (χ4n) is 1.34. The average Bonchev–Trinajstić information content (AvgIpc) is 2.28. The second kappa shape index (κ2) is 4.79. The molecule has 0 fully saturated rings. The van der Waals surface area contributed by atoms with Crippen LogP contribution in [0, 0.1) is 6.07 Å². The van der Waals surface area contributed by atoms with Gasteiger partial charge in [-0.05, 0) is 47.7 Å². The number of pyridine rings is 1. The Hall–Kier alpha value is -1.49. The van der Waals surface area contributed by atoms with Crippen molar-refractivity contribution in [2.24, 2.45) is 0 Å². The molecule has 17 heavy (non-hydrogen) atoms. The number of hydrogen-bond acceptors (Lipinski definition) is 2. The summed E-state index contributed by atoms with van der Waals surface area (Å²) < 4.78 is 36.6. The van der Waals surface area contributed by atoms with Gasteiger partial charge in [0.25, 0.3) is 0 Å². The molecular weight excluding hydrogens is 247 g/mol. The smallest absolute Gasteiger partial charge is 0.264 e. The molecule has 1 radical (unpaired) electrons. The third-order valence-corrected chi connectivity index (χ3v) is 2.69. The highest BCUT2D eigenvalue weighted by atomic mass is 32.2. The average molecular weight is 254 g/mol. The molecule has 0 saturated heterocycles. The van der Waals surface area contributed by atoms with Crippen LogP contribution in [0.2, 0.25) is 0 Å². The Labute approximate surface area is 101 Å². The van der Waals surface area contributed by atoms with Gasteiger partial charge in [-0.15, -0.1) is 0 Å². The minimum atomic E-state index is -4.28. The summed E-state index contributed by atoms with van der Waals surface area (Å²) in [6, 6.07) is 10.7. The van der Waals surface area contributed by atoms with Crippen molar-refractivity contribution in [2.45, 2.75) is 10.4 Å². The van der Waals surface area contributed by atoms with Crippen LogP contribution in [0.25, 0.3) is 11.1 Å². The Kier molecular flexibility index (Phi) is 3.38. The van der Waals surface area contributed by atoms with Crippen LogP contribution in [0.3, 0.4) is 0 Å². The van der Waals surface area contributed by atoms with E-state index in [1.807, 2.05) is 0 Å². The highest BCUT2D eigenvalue weighted by Gasteiger charge is 2.29. The molecule has 2 aromatic rings. The third-order valence-electron chi connectivity index (χ3n) is 1.99. The molecule has 0 bridgehead atoms. The van der Waals surface area contributed by atoms with Gasteiger partial charge in [0, 0.05) is 22.9 Å². The minimum absolute atomic E-state index is 0.124. The Morgan fingerprint density at radius 2 is 2.00 bits per heavy atom. The second-order valence-electron chi connectivity index (χ2n) is 3.25. The molecule has 0 atom stereocenters. The van der Waals surface area contributed by atoms with Gasteiger partial charge in [-0.2, -0.15) is 13.2 Å². The van der Waals surface area contributed by atoms with Crippen molar-refractivity contribution < 1.29 is 13.2 Å². The van der Waals surface area contributed by atoms with Crippen LogP contribution in [-0.2, 0) is 0 Å². The van der Waals surface area contributed by atoms with E-state index in [0.29, 0.717) is 5.56 Å². The van der Waals surface area contributed by atoms with Gasteiger partial charge >= 0.3 is 5.51 Å². The van der Waals surface area contributed by atoms with Crippen LogP contribution in [0.1, 0.15) is 0 Å². The van der Waals surface area contributed by atoms with Gasteiger partial charge in [-0.1, -0.05) is 6.07 Å². The Balaban J connectivity index is 2.29. The maximum atomic E-state index is 12.2. The van der Waals surface area contributed by atoms with Crippen molar-refractivity contribution in [3.8, 4) is 11.1 Å². The highest BCUT2D eigenvalue weighted by molar-refractivity contribution is 8.00. The molecule has 2 rings (SSSR count). The maximum Gasteiger partial charge on any atom is 0.446 e. The first-order valence-corrected chi connectivity index (χ1v) is 5.53. The lowest BCUT2D eigenvalue weighted by Crippen LogP contribution is -1.98. The van der Waals surface area contributed by atoms with E-state index in [0.717, 1.165) is 5.56 Å². The standard InChI is InChI=1S/C12H7F3NS/c13-12(14,15)17-11-5-1-3-9(7-11)10-4-2-6-16-8-10/h2-8H. The number of alkyl halides is 3. The lowest BCUT2D eigenvalue weighted by Gasteiger charge is -2.07. The monoisotopic (exact) mass is 254 g/mol. The minimum Gasteiger partial charge on any atom is -0.264 e. The van der Waals surface area contributed by atoms with Gasteiger partial charge in [0.05, 0.1) is 0 Å². The molecule has 0 aliphatic carbocycles. The predicted molar refractivity (Wildman–Crippen MR) is 60.4 cm³/mol. The number of halogens is 3. The first-order chi connectivity index (χ1) is 8.04. The molecule has 0 unspecified atom stereocenters. The molecule has 0 N–H and O–H groups in total. The Bertz CT molecular complexity index is 497. The number of nitrogens with zero attached hydrogens (tertiary/aromatic N) is 1. The molecule has 0 amide bonds. The largest absolute Gasteiger partial charge is 0.446 e. The molecule has 1 heterocycles. The highest BCUT2D eigenvalue weighted by Crippen LogP contribution is 2.37. The van der Waals surface area contributed by atoms with E-state index in [-0.39, 0.29) is 16.7 Å². The zero-order valence-electron chi connectivity index (χ0n) is 8.53. The summed E-state index contributed by atoms with van der Waals surface area (Å²) in [7, 11) is 0. The zero-order valence-corrected chi connectivity index (χ0v) is 9.35. The van der Waals surface area contributed by atoms with Gasteiger partial charge < -0.3 is 0 Å². The molecule has 0 aliphatic heterocycles. The summed E-state index contributed by atoms with van der Waals surface area (Å²) in [5.74, 6) is 0. The van der Waals surface area contributed by atoms with Crippen molar-refractivity contribution in [3.05, 3.63) is 48.8 Å². The number of hydrogen-bond donors (Lipinski definition) is 0. The molecule has 0 saturated carbocycles.